The van der Waals surface area contributed by atoms with Crippen LogP contribution in [0.25, 0.3) is 32.9 Å². The van der Waals surface area contributed by atoms with Crippen molar-refractivity contribution in [3.05, 3.63) is 60.9 Å². The van der Waals surface area contributed by atoms with Gasteiger partial charge in [-0.1, -0.05) is 30.3 Å². The van der Waals surface area contributed by atoms with Crippen LogP contribution < -0.4 is 9.47 Å². The van der Waals surface area contributed by atoms with Gasteiger partial charge in [0.05, 0.1) is 20.5 Å². The largest absolute Gasteiger partial charge is 0.497 e. The highest BCUT2D eigenvalue weighted by atomic mass is 16.5. The second-order valence-corrected chi connectivity index (χ2v) is 5.38. The molecule has 0 atom stereocenters. The molecule has 4 aromatic rings. The van der Waals surface area contributed by atoms with Gasteiger partial charge in [0.2, 0.25) is 0 Å². The highest BCUT2D eigenvalue weighted by Crippen LogP contribution is 2.40. The fraction of sp³-hybridized carbons (Fsp3) is 0.100. The number of methoxy groups -OCH3 is 2. The molecular formula is C20H16O3. The van der Waals surface area contributed by atoms with Crippen LogP contribution in [0.2, 0.25) is 0 Å². The van der Waals surface area contributed by atoms with Gasteiger partial charge in [0.25, 0.3) is 0 Å². The Hall–Kier alpha value is -2.94. The van der Waals surface area contributed by atoms with E-state index in [1.165, 1.54) is 5.39 Å². The SMILES string of the molecule is COc1ccc(OC)c(-c2coc3c2ccc2ccccc23)c1. The van der Waals surface area contributed by atoms with E-state index in [-0.39, 0.29) is 0 Å². The topological polar surface area (TPSA) is 31.6 Å². The van der Waals surface area contributed by atoms with Gasteiger partial charge in [-0.3, -0.25) is 0 Å². The van der Waals surface area contributed by atoms with Crippen LogP contribution in [0.5, 0.6) is 11.5 Å². The fourth-order valence-corrected chi connectivity index (χ4v) is 3.00. The summed E-state index contributed by atoms with van der Waals surface area (Å²) in [4.78, 5) is 0. The van der Waals surface area contributed by atoms with Gasteiger partial charge in [-0.15, -0.1) is 0 Å². The average molecular weight is 304 g/mol. The molecule has 0 amide bonds. The zero-order valence-corrected chi connectivity index (χ0v) is 13.0. The van der Waals surface area contributed by atoms with E-state index in [4.69, 9.17) is 13.9 Å². The Labute approximate surface area is 134 Å². The molecule has 4 rings (SSSR count). The van der Waals surface area contributed by atoms with Crippen molar-refractivity contribution in [2.45, 2.75) is 0 Å². The minimum Gasteiger partial charge on any atom is -0.497 e. The van der Waals surface area contributed by atoms with Gasteiger partial charge in [0, 0.05) is 21.9 Å². The second kappa shape index (κ2) is 5.36. The summed E-state index contributed by atoms with van der Waals surface area (Å²) in [5.74, 6) is 1.58. The second-order valence-electron chi connectivity index (χ2n) is 5.38. The summed E-state index contributed by atoms with van der Waals surface area (Å²) < 4.78 is 16.7. The van der Waals surface area contributed by atoms with E-state index in [9.17, 15) is 0 Å². The quantitative estimate of drug-likeness (QED) is 0.516. The Morgan fingerprint density at radius 2 is 1.65 bits per heavy atom. The fourth-order valence-electron chi connectivity index (χ4n) is 3.00. The number of rotatable bonds is 3. The van der Waals surface area contributed by atoms with E-state index in [0.29, 0.717) is 0 Å². The number of hydrogen-bond acceptors (Lipinski definition) is 3. The van der Waals surface area contributed by atoms with E-state index >= 15 is 0 Å². The third kappa shape index (κ3) is 2.13. The lowest BCUT2D eigenvalue weighted by Gasteiger charge is -2.09. The van der Waals surface area contributed by atoms with Crippen molar-refractivity contribution in [3.63, 3.8) is 0 Å². The first-order valence-electron chi connectivity index (χ1n) is 7.43. The highest BCUT2D eigenvalue weighted by molar-refractivity contribution is 6.09. The van der Waals surface area contributed by atoms with Gasteiger partial charge < -0.3 is 13.9 Å². The predicted molar refractivity (Wildman–Crippen MR) is 92.3 cm³/mol. The van der Waals surface area contributed by atoms with Gasteiger partial charge in [-0.2, -0.15) is 0 Å². The maximum atomic E-state index is 5.89. The summed E-state index contributed by atoms with van der Waals surface area (Å²) >= 11 is 0. The molecule has 1 aromatic heterocycles. The van der Waals surface area contributed by atoms with Crippen LogP contribution in [-0.4, -0.2) is 14.2 Å². The summed E-state index contributed by atoms with van der Waals surface area (Å²) in [6, 6.07) is 18.2. The molecule has 0 unspecified atom stereocenters. The molecule has 1 heterocycles. The van der Waals surface area contributed by atoms with Crippen molar-refractivity contribution in [2.24, 2.45) is 0 Å². The van der Waals surface area contributed by atoms with Crippen LogP contribution >= 0.6 is 0 Å². The maximum Gasteiger partial charge on any atom is 0.142 e. The van der Waals surface area contributed by atoms with Crippen molar-refractivity contribution >= 4 is 21.7 Å². The molecule has 3 aromatic carbocycles. The molecule has 0 fully saturated rings. The van der Waals surface area contributed by atoms with Crippen molar-refractivity contribution in [1.82, 2.24) is 0 Å². The predicted octanol–water partition coefficient (Wildman–Crippen LogP) is 5.27. The Morgan fingerprint density at radius 3 is 2.48 bits per heavy atom. The molecule has 3 heteroatoms. The number of furan rings is 1. The van der Waals surface area contributed by atoms with Gasteiger partial charge in [-0.05, 0) is 29.7 Å². The molecule has 0 spiro atoms. The zero-order chi connectivity index (χ0) is 15.8. The van der Waals surface area contributed by atoms with E-state index in [1.807, 2.05) is 30.3 Å². The first-order valence-corrected chi connectivity index (χ1v) is 7.43. The van der Waals surface area contributed by atoms with Crippen LogP contribution in [0.15, 0.2) is 65.3 Å². The summed E-state index contributed by atoms with van der Waals surface area (Å²) in [5.41, 5.74) is 2.85. The first-order chi connectivity index (χ1) is 11.3. The standard InChI is InChI=1S/C20H16O3/c1-21-14-8-10-19(22-2)17(11-14)18-12-23-20-15-6-4-3-5-13(15)7-9-16(18)20/h3-12H,1-2H3. The summed E-state index contributed by atoms with van der Waals surface area (Å²) in [6.07, 6.45) is 1.79. The van der Waals surface area contributed by atoms with Gasteiger partial charge in [-0.25, -0.2) is 0 Å². The Kier molecular flexibility index (Phi) is 3.19. The summed E-state index contributed by atoms with van der Waals surface area (Å²) in [5, 5.41) is 3.34. The van der Waals surface area contributed by atoms with Crippen LogP contribution in [0, 0.1) is 0 Å². The minimum absolute atomic E-state index is 0.788. The maximum absolute atomic E-state index is 5.89. The molecule has 0 aliphatic heterocycles. The van der Waals surface area contributed by atoms with Crippen molar-refractivity contribution in [3.8, 4) is 22.6 Å². The van der Waals surface area contributed by atoms with E-state index in [2.05, 4.69) is 24.3 Å². The third-order valence-corrected chi connectivity index (χ3v) is 4.16. The van der Waals surface area contributed by atoms with E-state index < -0.39 is 0 Å². The average Bonchev–Trinajstić information content (AvgIpc) is 3.05. The van der Waals surface area contributed by atoms with Gasteiger partial charge in [0.1, 0.15) is 17.1 Å². The molecule has 3 nitrogen and oxygen atoms in total. The Bertz CT molecular complexity index is 998. The van der Waals surface area contributed by atoms with Gasteiger partial charge in [0.15, 0.2) is 0 Å². The molecule has 0 aliphatic rings. The third-order valence-electron chi connectivity index (χ3n) is 4.16. The van der Waals surface area contributed by atoms with E-state index in [1.54, 1.807) is 20.5 Å². The van der Waals surface area contributed by atoms with E-state index in [0.717, 1.165) is 39.0 Å². The highest BCUT2D eigenvalue weighted by Gasteiger charge is 2.15. The van der Waals surface area contributed by atoms with Crippen LogP contribution in [0.4, 0.5) is 0 Å². The monoisotopic (exact) mass is 304 g/mol. The number of ether oxygens (including phenoxy) is 2. The lowest BCUT2D eigenvalue weighted by molar-refractivity contribution is 0.404. The number of fused-ring (bicyclic) bond motifs is 3. The number of hydrogen-bond donors (Lipinski definition) is 0. The summed E-state index contributed by atoms with van der Waals surface area (Å²) in [7, 11) is 3.33. The molecule has 0 aliphatic carbocycles. The van der Waals surface area contributed by atoms with Crippen molar-refractivity contribution in [2.75, 3.05) is 14.2 Å². The molecule has 0 saturated heterocycles. The first kappa shape index (κ1) is 13.7. The molecule has 114 valence electrons. The van der Waals surface area contributed by atoms with Crippen LogP contribution in [-0.2, 0) is 0 Å². The zero-order valence-electron chi connectivity index (χ0n) is 13.0. The molecule has 0 radical (unpaired) electrons. The number of benzene rings is 3. The van der Waals surface area contributed by atoms with Crippen molar-refractivity contribution in [1.29, 1.82) is 0 Å². The summed E-state index contributed by atoms with van der Waals surface area (Å²) in [6.45, 7) is 0. The van der Waals surface area contributed by atoms with Crippen LogP contribution in [0.3, 0.4) is 0 Å². The van der Waals surface area contributed by atoms with Crippen molar-refractivity contribution < 1.29 is 13.9 Å². The minimum atomic E-state index is 0.788. The van der Waals surface area contributed by atoms with Crippen LogP contribution in [0.1, 0.15) is 0 Å². The lowest BCUT2D eigenvalue weighted by Crippen LogP contribution is -1.89. The smallest absolute Gasteiger partial charge is 0.142 e. The molecule has 0 saturated carbocycles. The molecular weight excluding hydrogens is 288 g/mol. The Morgan fingerprint density at radius 1 is 0.783 bits per heavy atom. The van der Waals surface area contributed by atoms with Gasteiger partial charge >= 0.3 is 0 Å². The molecule has 0 bridgehead atoms. The molecule has 0 N–H and O–H groups in total. The normalized spacial score (nSPS) is 11.0. The lowest BCUT2D eigenvalue weighted by atomic mass is 10.0. The molecule has 23 heavy (non-hydrogen) atoms. The Balaban J connectivity index is 2.02.